The van der Waals surface area contributed by atoms with Crippen molar-refractivity contribution in [2.24, 2.45) is 5.92 Å². The second-order valence-corrected chi connectivity index (χ2v) is 8.22. The van der Waals surface area contributed by atoms with Crippen molar-refractivity contribution >= 4 is 17.5 Å². The van der Waals surface area contributed by atoms with E-state index in [2.05, 4.69) is 20.5 Å². The minimum absolute atomic E-state index is 0.00846. The molecular formula is C22H21ClN4O2. The van der Waals surface area contributed by atoms with Crippen LogP contribution in [-0.2, 0) is 10.2 Å². The number of ether oxygens (including phenoxy) is 1. The first-order valence-corrected chi connectivity index (χ1v) is 10.1. The number of aromatic amines is 1. The Morgan fingerprint density at radius 1 is 1.31 bits per heavy atom. The molecule has 2 heterocycles. The zero-order valence-electron chi connectivity index (χ0n) is 16.0. The number of amides is 1. The van der Waals surface area contributed by atoms with E-state index in [4.69, 9.17) is 16.3 Å². The lowest BCUT2D eigenvalue weighted by atomic mass is 9.87. The zero-order valence-corrected chi connectivity index (χ0v) is 16.7. The molecule has 1 fully saturated rings. The highest BCUT2D eigenvalue weighted by Gasteiger charge is 2.61. The van der Waals surface area contributed by atoms with Crippen LogP contribution in [0.4, 0.5) is 0 Å². The summed E-state index contributed by atoms with van der Waals surface area (Å²) in [6.07, 6.45) is 1.61. The number of nitrogens with one attached hydrogen (secondary N) is 2. The van der Waals surface area contributed by atoms with E-state index in [0.717, 1.165) is 29.7 Å². The lowest BCUT2D eigenvalue weighted by molar-refractivity contribution is -0.123. The molecule has 1 aromatic heterocycles. The molecule has 0 bridgehead atoms. The molecule has 3 aromatic rings. The second kappa shape index (κ2) is 6.88. The quantitative estimate of drug-likeness (QED) is 0.689. The summed E-state index contributed by atoms with van der Waals surface area (Å²) in [5, 5.41) is 11.0. The van der Waals surface area contributed by atoms with Crippen LogP contribution in [0.25, 0.3) is 0 Å². The fourth-order valence-electron chi connectivity index (χ4n) is 4.39. The van der Waals surface area contributed by atoms with Gasteiger partial charge in [-0.15, -0.1) is 0 Å². The van der Waals surface area contributed by atoms with Gasteiger partial charge in [-0.25, -0.2) is 4.98 Å². The molecule has 1 amide bonds. The molecule has 7 heteroatoms. The van der Waals surface area contributed by atoms with Gasteiger partial charge in [-0.05, 0) is 43.5 Å². The summed E-state index contributed by atoms with van der Waals surface area (Å²) in [5.74, 6) is 2.00. The molecule has 6 nitrogen and oxygen atoms in total. The molecule has 1 aliphatic carbocycles. The Kier molecular flexibility index (Phi) is 4.32. The Bertz CT molecular complexity index is 1070. The van der Waals surface area contributed by atoms with Gasteiger partial charge in [0, 0.05) is 21.9 Å². The Morgan fingerprint density at radius 2 is 2.14 bits per heavy atom. The molecule has 3 atom stereocenters. The van der Waals surface area contributed by atoms with Gasteiger partial charge in [0.05, 0.1) is 6.61 Å². The van der Waals surface area contributed by atoms with Gasteiger partial charge in [-0.2, -0.15) is 5.10 Å². The molecule has 1 unspecified atom stereocenters. The Hall–Kier alpha value is -2.86. The van der Waals surface area contributed by atoms with Gasteiger partial charge in [0.15, 0.2) is 5.82 Å². The zero-order chi connectivity index (χ0) is 20.0. The monoisotopic (exact) mass is 408 g/mol. The van der Waals surface area contributed by atoms with Crippen molar-refractivity contribution in [3.05, 3.63) is 76.3 Å². The van der Waals surface area contributed by atoms with E-state index in [1.165, 1.54) is 0 Å². The van der Waals surface area contributed by atoms with Crippen LogP contribution in [0.15, 0.2) is 48.5 Å². The van der Waals surface area contributed by atoms with E-state index in [0.29, 0.717) is 23.3 Å². The van der Waals surface area contributed by atoms with Crippen LogP contribution in [0.1, 0.15) is 41.7 Å². The number of fused-ring (bicyclic) bond motifs is 2. The SMILES string of the molecule is Cc1nc(C(NC(=O)[C@@H]2C[C@]23CCOc2ccc(Cl)cc23)c2ccccc2)n[nH]1. The lowest BCUT2D eigenvalue weighted by Crippen LogP contribution is -2.34. The molecule has 2 N–H and O–H groups in total. The molecule has 5 rings (SSSR count). The highest BCUT2D eigenvalue weighted by Crippen LogP contribution is 2.61. The minimum atomic E-state index is -0.398. The average Bonchev–Trinajstić information content (AvgIpc) is 3.29. The van der Waals surface area contributed by atoms with Crippen LogP contribution < -0.4 is 10.1 Å². The standard InChI is InChI=1S/C22H21ClN4O2/c1-13-24-20(27-26-13)19(14-5-3-2-4-6-14)25-21(28)17-12-22(17)9-10-29-18-8-7-15(23)11-16(18)22/h2-8,11,17,19H,9-10,12H2,1H3,(H,25,28)(H,24,26,27)/t17-,19?,22-/m0/s1. The third-order valence-corrected chi connectivity index (χ3v) is 6.20. The number of hydrogen-bond acceptors (Lipinski definition) is 4. The van der Waals surface area contributed by atoms with Gasteiger partial charge in [0.1, 0.15) is 17.6 Å². The van der Waals surface area contributed by atoms with Crippen molar-refractivity contribution in [2.75, 3.05) is 6.61 Å². The van der Waals surface area contributed by atoms with Gasteiger partial charge >= 0.3 is 0 Å². The molecule has 0 radical (unpaired) electrons. The Labute approximate surface area is 173 Å². The normalized spacial score (nSPS) is 23.2. The van der Waals surface area contributed by atoms with Crippen molar-refractivity contribution in [1.82, 2.24) is 20.5 Å². The summed E-state index contributed by atoms with van der Waals surface area (Å²) in [5.41, 5.74) is 1.80. The smallest absolute Gasteiger partial charge is 0.224 e. The summed E-state index contributed by atoms with van der Waals surface area (Å²) in [6, 6.07) is 15.1. The van der Waals surface area contributed by atoms with Gasteiger partial charge in [-0.3, -0.25) is 9.89 Å². The van der Waals surface area contributed by atoms with E-state index in [1.54, 1.807) is 0 Å². The molecule has 0 saturated heterocycles. The fourth-order valence-corrected chi connectivity index (χ4v) is 4.56. The van der Waals surface area contributed by atoms with E-state index >= 15 is 0 Å². The first-order valence-electron chi connectivity index (χ1n) is 9.74. The van der Waals surface area contributed by atoms with Crippen molar-refractivity contribution in [1.29, 1.82) is 0 Å². The predicted molar refractivity (Wildman–Crippen MR) is 109 cm³/mol. The number of aryl methyl sites for hydroxylation is 1. The van der Waals surface area contributed by atoms with E-state index < -0.39 is 6.04 Å². The summed E-state index contributed by atoms with van der Waals surface area (Å²) in [7, 11) is 0. The van der Waals surface area contributed by atoms with Crippen LogP contribution >= 0.6 is 11.6 Å². The van der Waals surface area contributed by atoms with E-state index in [1.807, 2.05) is 55.5 Å². The van der Waals surface area contributed by atoms with Crippen LogP contribution in [0.5, 0.6) is 5.75 Å². The van der Waals surface area contributed by atoms with Crippen molar-refractivity contribution in [3.63, 3.8) is 0 Å². The number of H-pyrrole nitrogens is 1. The van der Waals surface area contributed by atoms with Crippen molar-refractivity contribution < 1.29 is 9.53 Å². The third-order valence-electron chi connectivity index (χ3n) is 5.97. The number of benzene rings is 2. The topological polar surface area (TPSA) is 79.9 Å². The number of nitrogens with zero attached hydrogens (tertiary/aromatic N) is 2. The highest BCUT2D eigenvalue weighted by molar-refractivity contribution is 6.30. The predicted octanol–water partition coefficient (Wildman–Crippen LogP) is 3.71. The summed E-state index contributed by atoms with van der Waals surface area (Å²) < 4.78 is 5.79. The number of carbonyl (C=O) groups is 1. The molecule has 29 heavy (non-hydrogen) atoms. The van der Waals surface area contributed by atoms with E-state index in [9.17, 15) is 4.79 Å². The first-order chi connectivity index (χ1) is 14.1. The first kappa shape index (κ1) is 18.2. The number of halogens is 1. The maximum absolute atomic E-state index is 13.3. The molecule has 1 spiro atoms. The lowest BCUT2D eigenvalue weighted by Gasteiger charge is -2.27. The number of rotatable bonds is 4. The molecule has 148 valence electrons. The molecular weight excluding hydrogens is 388 g/mol. The average molecular weight is 409 g/mol. The second-order valence-electron chi connectivity index (χ2n) is 7.78. The van der Waals surface area contributed by atoms with Crippen LogP contribution in [0.2, 0.25) is 5.02 Å². The largest absolute Gasteiger partial charge is 0.493 e. The Morgan fingerprint density at radius 3 is 2.90 bits per heavy atom. The van der Waals surface area contributed by atoms with Gasteiger partial charge < -0.3 is 10.1 Å². The van der Waals surface area contributed by atoms with E-state index in [-0.39, 0.29) is 17.2 Å². The summed E-state index contributed by atoms with van der Waals surface area (Å²) >= 11 is 6.23. The summed E-state index contributed by atoms with van der Waals surface area (Å²) in [4.78, 5) is 17.7. The maximum atomic E-state index is 13.3. The summed E-state index contributed by atoms with van der Waals surface area (Å²) in [6.45, 7) is 2.46. The van der Waals surface area contributed by atoms with Crippen LogP contribution in [0, 0.1) is 12.8 Å². The number of aromatic nitrogens is 3. The molecule has 1 aliphatic heterocycles. The van der Waals surface area contributed by atoms with Crippen LogP contribution in [-0.4, -0.2) is 27.7 Å². The van der Waals surface area contributed by atoms with Gasteiger partial charge in [-0.1, -0.05) is 41.9 Å². The highest BCUT2D eigenvalue weighted by atomic mass is 35.5. The molecule has 2 aliphatic rings. The number of hydrogen-bond donors (Lipinski definition) is 2. The molecule has 2 aromatic carbocycles. The van der Waals surface area contributed by atoms with Crippen LogP contribution in [0.3, 0.4) is 0 Å². The Balaban J connectivity index is 1.42. The minimum Gasteiger partial charge on any atom is -0.493 e. The van der Waals surface area contributed by atoms with Gasteiger partial charge in [0.2, 0.25) is 5.91 Å². The van der Waals surface area contributed by atoms with Crippen molar-refractivity contribution in [2.45, 2.75) is 31.2 Å². The van der Waals surface area contributed by atoms with Gasteiger partial charge in [0.25, 0.3) is 0 Å². The number of carbonyl (C=O) groups excluding carboxylic acids is 1. The molecule has 1 saturated carbocycles. The fraction of sp³-hybridized carbons (Fsp3) is 0.318. The van der Waals surface area contributed by atoms with Crippen molar-refractivity contribution in [3.8, 4) is 5.75 Å². The maximum Gasteiger partial charge on any atom is 0.224 e. The third kappa shape index (κ3) is 3.17.